The predicted molar refractivity (Wildman–Crippen MR) is 51.6 cm³/mol. The minimum absolute atomic E-state index is 0.0434. The molecule has 2 nitrogen and oxygen atoms in total. The molecule has 1 aromatic rings. The number of hydrogen-bond acceptors (Lipinski definition) is 2. The molecule has 0 bridgehead atoms. The second-order valence-corrected chi connectivity index (χ2v) is 3.15. The first-order valence-corrected chi connectivity index (χ1v) is 4.43. The van der Waals surface area contributed by atoms with Gasteiger partial charge in [0.05, 0.1) is 0 Å². The highest BCUT2D eigenvalue weighted by molar-refractivity contribution is 5.84. The Morgan fingerprint density at radius 1 is 1.57 bits per heavy atom. The van der Waals surface area contributed by atoms with Crippen LogP contribution in [0.3, 0.4) is 0 Å². The van der Waals surface area contributed by atoms with Crippen LogP contribution in [0.4, 0.5) is 4.39 Å². The summed E-state index contributed by atoms with van der Waals surface area (Å²) in [6, 6.07) is 6.03. The van der Waals surface area contributed by atoms with Crippen molar-refractivity contribution in [3.05, 3.63) is 35.6 Å². The van der Waals surface area contributed by atoms with E-state index in [4.69, 9.17) is 4.74 Å². The highest BCUT2D eigenvalue weighted by Gasteiger charge is 2.12. The zero-order valence-corrected chi connectivity index (χ0v) is 8.29. The summed E-state index contributed by atoms with van der Waals surface area (Å²) in [4.78, 5) is 11.4. The van der Waals surface area contributed by atoms with Gasteiger partial charge in [-0.2, -0.15) is 0 Å². The topological polar surface area (TPSA) is 26.3 Å². The predicted octanol–water partition coefficient (Wildman–Crippen LogP) is 1.97. The van der Waals surface area contributed by atoms with Gasteiger partial charge in [0.15, 0.2) is 5.78 Å². The third-order valence-electron chi connectivity index (χ3n) is 2.07. The molecule has 1 atom stereocenters. The Morgan fingerprint density at radius 3 is 2.86 bits per heavy atom. The lowest BCUT2D eigenvalue weighted by molar-refractivity contribution is -0.127. The quantitative estimate of drug-likeness (QED) is 0.736. The van der Waals surface area contributed by atoms with Gasteiger partial charge in [-0.1, -0.05) is 12.1 Å². The van der Waals surface area contributed by atoms with Crippen LogP contribution in [0.2, 0.25) is 0 Å². The van der Waals surface area contributed by atoms with Gasteiger partial charge in [-0.15, -0.1) is 0 Å². The van der Waals surface area contributed by atoms with Gasteiger partial charge in [-0.05, 0) is 24.6 Å². The van der Waals surface area contributed by atoms with Gasteiger partial charge in [-0.3, -0.25) is 4.79 Å². The van der Waals surface area contributed by atoms with Crippen LogP contribution >= 0.6 is 0 Å². The second kappa shape index (κ2) is 4.86. The molecule has 0 aliphatic heterocycles. The van der Waals surface area contributed by atoms with E-state index in [0.717, 1.165) is 0 Å². The summed E-state index contributed by atoms with van der Waals surface area (Å²) in [6.07, 6.45) is -0.217. The van der Waals surface area contributed by atoms with Gasteiger partial charge in [-0.25, -0.2) is 4.39 Å². The molecular formula is C11H13FO2. The number of benzene rings is 1. The number of methoxy groups -OCH3 is 1. The smallest absolute Gasteiger partial charge is 0.165 e. The Morgan fingerprint density at radius 2 is 2.29 bits per heavy atom. The van der Waals surface area contributed by atoms with E-state index >= 15 is 0 Å². The molecule has 0 spiro atoms. The number of carbonyl (C=O) groups is 1. The summed E-state index contributed by atoms with van der Waals surface area (Å²) in [5.41, 5.74) is 0.680. The molecule has 0 amide bonds. The molecule has 0 aromatic heterocycles. The highest BCUT2D eigenvalue weighted by atomic mass is 19.1. The maximum absolute atomic E-state index is 12.8. The fourth-order valence-corrected chi connectivity index (χ4v) is 1.12. The molecule has 0 aliphatic carbocycles. The number of rotatable bonds is 4. The number of hydrogen-bond donors (Lipinski definition) is 0. The molecule has 0 saturated heterocycles. The average Bonchev–Trinajstić information content (AvgIpc) is 2.16. The Kier molecular flexibility index (Phi) is 3.77. The maximum Gasteiger partial charge on any atom is 0.165 e. The average molecular weight is 196 g/mol. The van der Waals surface area contributed by atoms with Gasteiger partial charge in [0.25, 0.3) is 0 Å². The van der Waals surface area contributed by atoms with Crippen molar-refractivity contribution in [2.24, 2.45) is 0 Å². The Labute approximate surface area is 82.7 Å². The first kappa shape index (κ1) is 10.9. The van der Waals surface area contributed by atoms with Crippen molar-refractivity contribution in [3.63, 3.8) is 0 Å². The van der Waals surface area contributed by atoms with Crippen LogP contribution in [0, 0.1) is 5.82 Å². The molecule has 1 rings (SSSR count). The van der Waals surface area contributed by atoms with Crippen LogP contribution in [0.5, 0.6) is 0 Å². The third kappa shape index (κ3) is 2.92. The molecule has 0 fully saturated rings. The monoisotopic (exact) mass is 196 g/mol. The Balaban J connectivity index is 2.65. The van der Waals surface area contributed by atoms with Crippen LogP contribution in [-0.4, -0.2) is 19.0 Å². The molecular weight excluding hydrogens is 183 g/mol. The molecule has 76 valence electrons. The van der Waals surface area contributed by atoms with Crippen molar-refractivity contribution in [2.75, 3.05) is 7.11 Å². The van der Waals surface area contributed by atoms with Gasteiger partial charge < -0.3 is 4.74 Å². The lowest BCUT2D eigenvalue weighted by atomic mass is 10.1. The first-order chi connectivity index (χ1) is 6.63. The van der Waals surface area contributed by atoms with Crippen molar-refractivity contribution in [3.8, 4) is 0 Å². The summed E-state index contributed by atoms with van der Waals surface area (Å²) in [7, 11) is 1.48. The van der Waals surface area contributed by atoms with Crippen LogP contribution in [0.1, 0.15) is 12.5 Å². The minimum atomic E-state index is -0.432. The Hall–Kier alpha value is -1.22. The summed E-state index contributed by atoms with van der Waals surface area (Å²) >= 11 is 0. The lowest BCUT2D eigenvalue weighted by Gasteiger charge is -2.07. The molecule has 0 aliphatic rings. The maximum atomic E-state index is 12.8. The third-order valence-corrected chi connectivity index (χ3v) is 2.07. The molecule has 3 heteroatoms. The largest absolute Gasteiger partial charge is 0.374 e. The van der Waals surface area contributed by atoms with Gasteiger partial charge in [0, 0.05) is 13.5 Å². The molecule has 0 radical (unpaired) electrons. The van der Waals surface area contributed by atoms with E-state index in [2.05, 4.69) is 0 Å². The fraction of sp³-hybridized carbons (Fsp3) is 0.364. The highest BCUT2D eigenvalue weighted by Crippen LogP contribution is 2.06. The molecule has 0 saturated carbocycles. The van der Waals surface area contributed by atoms with Crippen molar-refractivity contribution < 1.29 is 13.9 Å². The molecule has 0 heterocycles. The van der Waals surface area contributed by atoms with E-state index in [1.165, 1.54) is 19.2 Å². The van der Waals surface area contributed by atoms with Gasteiger partial charge in [0.1, 0.15) is 11.9 Å². The summed E-state index contributed by atoms with van der Waals surface area (Å²) < 4.78 is 17.6. The SMILES string of the molecule is COC(C)C(=O)Cc1cccc(F)c1. The second-order valence-electron chi connectivity index (χ2n) is 3.15. The van der Waals surface area contributed by atoms with Crippen LogP contribution in [0.25, 0.3) is 0 Å². The summed E-state index contributed by atoms with van der Waals surface area (Å²) in [6.45, 7) is 1.68. The molecule has 0 N–H and O–H groups in total. The lowest BCUT2D eigenvalue weighted by Crippen LogP contribution is -2.20. The van der Waals surface area contributed by atoms with E-state index in [1.54, 1.807) is 19.1 Å². The van der Waals surface area contributed by atoms with E-state index in [-0.39, 0.29) is 18.0 Å². The van der Waals surface area contributed by atoms with Crippen molar-refractivity contribution in [1.82, 2.24) is 0 Å². The number of Topliss-reactive ketones (excluding diaryl/α,β-unsaturated/α-hetero) is 1. The minimum Gasteiger partial charge on any atom is -0.374 e. The van der Waals surface area contributed by atoms with E-state index in [9.17, 15) is 9.18 Å². The molecule has 1 aromatic carbocycles. The van der Waals surface area contributed by atoms with Crippen molar-refractivity contribution >= 4 is 5.78 Å². The van der Waals surface area contributed by atoms with E-state index in [0.29, 0.717) is 5.56 Å². The van der Waals surface area contributed by atoms with Crippen LogP contribution in [-0.2, 0) is 16.0 Å². The summed E-state index contributed by atoms with van der Waals surface area (Å²) in [5, 5.41) is 0. The van der Waals surface area contributed by atoms with E-state index < -0.39 is 6.10 Å². The number of carbonyl (C=O) groups excluding carboxylic acids is 1. The van der Waals surface area contributed by atoms with Crippen molar-refractivity contribution in [2.45, 2.75) is 19.4 Å². The first-order valence-electron chi connectivity index (χ1n) is 4.43. The zero-order valence-electron chi connectivity index (χ0n) is 8.29. The number of ether oxygens (including phenoxy) is 1. The molecule has 1 unspecified atom stereocenters. The standard InChI is InChI=1S/C11H13FO2/c1-8(14-2)11(13)7-9-4-3-5-10(12)6-9/h3-6,8H,7H2,1-2H3. The van der Waals surface area contributed by atoms with Gasteiger partial charge >= 0.3 is 0 Å². The van der Waals surface area contributed by atoms with E-state index in [1.807, 2.05) is 0 Å². The molecule has 14 heavy (non-hydrogen) atoms. The van der Waals surface area contributed by atoms with Gasteiger partial charge in [0.2, 0.25) is 0 Å². The number of halogens is 1. The van der Waals surface area contributed by atoms with Crippen molar-refractivity contribution in [1.29, 1.82) is 0 Å². The fourth-order valence-electron chi connectivity index (χ4n) is 1.12. The van der Waals surface area contributed by atoms with Crippen LogP contribution < -0.4 is 0 Å². The zero-order chi connectivity index (χ0) is 10.6. The Bertz CT molecular complexity index is 323. The van der Waals surface area contributed by atoms with Crippen LogP contribution in [0.15, 0.2) is 24.3 Å². The summed E-state index contributed by atoms with van der Waals surface area (Å²) in [5.74, 6) is -0.363. The normalized spacial score (nSPS) is 12.5. The number of ketones is 1.